The van der Waals surface area contributed by atoms with Gasteiger partial charge in [-0.25, -0.2) is 5.10 Å². The number of aliphatic hydroxyl groups excluding tert-OH is 1. The van der Waals surface area contributed by atoms with Gasteiger partial charge in [-0.2, -0.15) is 5.10 Å². The van der Waals surface area contributed by atoms with Crippen molar-refractivity contribution in [3.63, 3.8) is 0 Å². The van der Waals surface area contributed by atoms with Crippen LogP contribution in [0.15, 0.2) is 39.9 Å². The number of aryl methyl sites for hydroxylation is 1. The Balaban J connectivity index is 1.51. The maximum absolute atomic E-state index is 12.7. The molecule has 2 aliphatic rings. The minimum Gasteiger partial charge on any atom is -0.394 e. The molecule has 2 aliphatic heterocycles. The van der Waals surface area contributed by atoms with Gasteiger partial charge in [-0.15, -0.1) is 0 Å². The minimum atomic E-state index is -0.290. The van der Waals surface area contributed by atoms with Gasteiger partial charge in [0, 0.05) is 55.6 Å². The number of H-pyrrole nitrogens is 1. The lowest BCUT2D eigenvalue weighted by molar-refractivity contribution is -0.134. The van der Waals surface area contributed by atoms with E-state index in [1.165, 1.54) is 12.1 Å². The van der Waals surface area contributed by atoms with Crippen LogP contribution in [0, 0.1) is 5.92 Å². The van der Waals surface area contributed by atoms with Crippen molar-refractivity contribution < 1.29 is 9.90 Å². The highest BCUT2D eigenvalue weighted by Crippen LogP contribution is 2.40. The number of piperidine rings is 1. The first kappa shape index (κ1) is 17.7. The fourth-order valence-corrected chi connectivity index (χ4v) is 4.39. The number of fused-ring (bicyclic) bond motifs is 4. The van der Waals surface area contributed by atoms with Gasteiger partial charge < -0.3 is 14.6 Å². The zero-order valence-corrected chi connectivity index (χ0v) is 14.9. The van der Waals surface area contributed by atoms with Crippen LogP contribution in [0.5, 0.6) is 0 Å². The second-order valence-corrected chi connectivity index (χ2v) is 7.31. The van der Waals surface area contributed by atoms with Gasteiger partial charge in [0.25, 0.3) is 11.1 Å². The summed E-state index contributed by atoms with van der Waals surface area (Å²) in [5.41, 5.74) is 1.21. The first-order valence-corrected chi connectivity index (χ1v) is 9.21. The average Bonchev–Trinajstić information content (AvgIpc) is 2.68. The summed E-state index contributed by atoms with van der Waals surface area (Å²) in [7, 11) is 0. The molecule has 0 saturated carbocycles. The lowest BCUT2D eigenvalue weighted by Gasteiger charge is -2.46. The summed E-state index contributed by atoms with van der Waals surface area (Å²) in [5, 5.41) is 16.2. The van der Waals surface area contributed by atoms with Crippen molar-refractivity contribution in [2.45, 2.75) is 31.2 Å². The number of carbonyl (C=O) groups excluding carboxylic acids is 1. The van der Waals surface area contributed by atoms with E-state index < -0.39 is 0 Å². The van der Waals surface area contributed by atoms with E-state index in [0.29, 0.717) is 31.6 Å². The molecule has 27 heavy (non-hydrogen) atoms. The van der Waals surface area contributed by atoms with Gasteiger partial charge in [0.05, 0.1) is 18.3 Å². The largest absolute Gasteiger partial charge is 0.394 e. The molecule has 2 aromatic heterocycles. The maximum atomic E-state index is 12.7. The molecule has 2 N–H and O–H groups in total. The van der Waals surface area contributed by atoms with Crippen molar-refractivity contribution in [1.82, 2.24) is 19.7 Å². The zero-order chi connectivity index (χ0) is 19.0. The van der Waals surface area contributed by atoms with Crippen molar-refractivity contribution in [1.29, 1.82) is 0 Å². The lowest BCUT2D eigenvalue weighted by Crippen LogP contribution is -2.51. The number of amides is 1. The Morgan fingerprint density at radius 2 is 2.07 bits per heavy atom. The van der Waals surface area contributed by atoms with E-state index in [-0.39, 0.29) is 41.5 Å². The summed E-state index contributed by atoms with van der Waals surface area (Å²) in [5.74, 6) is 0.202. The maximum Gasteiger partial charge on any atom is 0.264 e. The number of aliphatic hydroxyl groups is 1. The number of hydrogen-bond donors (Lipinski definition) is 2. The Morgan fingerprint density at radius 3 is 2.81 bits per heavy atom. The van der Waals surface area contributed by atoms with Gasteiger partial charge in [-0.05, 0) is 18.6 Å². The van der Waals surface area contributed by atoms with Gasteiger partial charge in [-0.1, -0.05) is 6.07 Å². The monoisotopic (exact) mass is 370 g/mol. The highest BCUT2D eigenvalue weighted by molar-refractivity contribution is 5.76. The van der Waals surface area contributed by atoms with Crippen LogP contribution in [0.2, 0.25) is 0 Å². The molecule has 8 nitrogen and oxygen atoms in total. The van der Waals surface area contributed by atoms with E-state index in [1.54, 1.807) is 16.7 Å². The predicted molar refractivity (Wildman–Crippen MR) is 97.4 cm³/mol. The van der Waals surface area contributed by atoms with Crippen LogP contribution in [0.25, 0.3) is 0 Å². The first-order valence-electron chi connectivity index (χ1n) is 9.21. The second kappa shape index (κ2) is 7.11. The number of carbonyl (C=O) groups is 1. The van der Waals surface area contributed by atoms with E-state index in [0.717, 1.165) is 12.1 Å². The normalized spacial score (nSPS) is 23.7. The van der Waals surface area contributed by atoms with Crippen molar-refractivity contribution in [2.24, 2.45) is 5.92 Å². The topological polar surface area (TPSA) is 108 Å². The van der Waals surface area contributed by atoms with Gasteiger partial charge in [0.2, 0.25) is 5.91 Å². The van der Waals surface area contributed by atoms with Gasteiger partial charge in [0.1, 0.15) is 0 Å². The second-order valence-electron chi connectivity index (χ2n) is 7.31. The Kier molecular flexibility index (Phi) is 4.65. The molecule has 0 radical (unpaired) electrons. The van der Waals surface area contributed by atoms with Crippen molar-refractivity contribution in [3.05, 3.63) is 62.4 Å². The molecular formula is C19H22N4O4. The Hall–Kier alpha value is -2.74. The predicted octanol–water partition coefficient (Wildman–Crippen LogP) is 0.0435. The molecule has 0 aromatic carbocycles. The summed E-state index contributed by atoms with van der Waals surface area (Å²) in [4.78, 5) is 37.9. The third-order valence-electron chi connectivity index (χ3n) is 5.67. The molecule has 0 spiro atoms. The third-order valence-corrected chi connectivity index (χ3v) is 5.67. The highest BCUT2D eigenvalue weighted by atomic mass is 16.3. The quantitative estimate of drug-likeness (QED) is 0.790. The van der Waals surface area contributed by atoms with Crippen molar-refractivity contribution in [2.75, 3.05) is 19.7 Å². The van der Waals surface area contributed by atoms with Gasteiger partial charge in [0.15, 0.2) is 0 Å². The Labute approximate surface area is 155 Å². The fourth-order valence-electron chi connectivity index (χ4n) is 4.39. The van der Waals surface area contributed by atoms with Crippen LogP contribution in [-0.4, -0.2) is 50.4 Å². The van der Waals surface area contributed by atoms with Crippen LogP contribution >= 0.6 is 0 Å². The number of aromatic amines is 1. The summed E-state index contributed by atoms with van der Waals surface area (Å²) < 4.78 is 1.71. The number of pyridine rings is 1. The summed E-state index contributed by atoms with van der Waals surface area (Å²) in [6.07, 6.45) is 1.64. The summed E-state index contributed by atoms with van der Waals surface area (Å²) in [6, 6.07) is 7.92. The number of hydrogen-bond acceptors (Lipinski definition) is 5. The molecule has 1 amide bonds. The fraction of sp³-hybridized carbons (Fsp3) is 0.474. The van der Waals surface area contributed by atoms with Crippen LogP contribution in [0.1, 0.15) is 36.2 Å². The van der Waals surface area contributed by atoms with E-state index in [2.05, 4.69) is 10.2 Å². The Morgan fingerprint density at radius 1 is 1.22 bits per heavy atom. The van der Waals surface area contributed by atoms with Gasteiger partial charge in [-0.3, -0.25) is 14.4 Å². The molecular weight excluding hydrogens is 348 g/mol. The minimum absolute atomic E-state index is 0.0288. The number of rotatable bonds is 4. The van der Waals surface area contributed by atoms with Crippen LogP contribution < -0.4 is 11.1 Å². The third kappa shape index (κ3) is 3.32. The standard InChI is InChI=1S/C19H22N4O4/c24-11-16-13-8-12(15-2-1-3-19(27)23(15)16)9-22(10-13)18(26)7-5-14-4-6-17(25)21-20-14/h1-4,6,12-13,16,24H,5,7-11H2,(H,21,25)/t12-,13+,16+/m1/s1. The molecule has 2 bridgehead atoms. The molecule has 2 aromatic rings. The molecule has 4 heterocycles. The number of nitrogens with one attached hydrogen (secondary N) is 1. The van der Waals surface area contributed by atoms with Gasteiger partial charge >= 0.3 is 0 Å². The van der Waals surface area contributed by atoms with Crippen LogP contribution in [0.3, 0.4) is 0 Å². The summed E-state index contributed by atoms with van der Waals surface area (Å²) >= 11 is 0. The number of aromatic nitrogens is 3. The number of nitrogens with zero attached hydrogens (tertiary/aromatic N) is 3. The Bertz CT molecular complexity index is 946. The summed E-state index contributed by atoms with van der Waals surface area (Å²) in [6.45, 7) is 1.01. The zero-order valence-electron chi connectivity index (χ0n) is 14.9. The molecule has 0 unspecified atom stereocenters. The molecule has 3 atom stereocenters. The van der Waals surface area contributed by atoms with Crippen molar-refractivity contribution in [3.8, 4) is 0 Å². The first-order chi connectivity index (χ1) is 13.1. The molecule has 0 aliphatic carbocycles. The molecule has 1 fully saturated rings. The average molecular weight is 370 g/mol. The molecule has 142 valence electrons. The van der Waals surface area contributed by atoms with E-state index in [4.69, 9.17) is 0 Å². The molecule has 4 rings (SSSR count). The highest BCUT2D eigenvalue weighted by Gasteiger charge is 2.41. The van der Waals surface area contributed by atoms with Crippen molar-refractivity contribution >= 4 is 5.91 Å². The van der Waals surface area contributed by atoms with E-state index in [1.807, 2.05) is 11.0 Å². The van der Waals surface area contributed by atoms with Crippen LogP contribution in [0.4, 0.5) is 0 Å². The molecule has 1 saturated heterocycles. The van der Waals surface area contributed by atoms with Crippen LogP contribution in [-0.2, 0) is 11.2 Å². The smallest absolute Gasteiger partial charge is 0.264 e. The van der Waals surface area contributed by atoms with E-state index >= 15 is 0 Å². The molecule has 8 heteroatoms. The SMILES string of the molecule is O=C(CCc1ccc(=O)[nH]n1)N1C[C@H]2C[C@@H](C1)[C@H](CO)n1c2cccc1=O. The number of likely N-dealkylation sites (tertiary alicyclic amines) is 1. The lowest BCUT2D eigenvalue weighted by atomic mass is 9.78. The van der Waals surface area contributed by atoms with E-state index in [9.17, 15) is 19.5 Å².